The van der Waals surface area contributed by atoms with E-state index < -0.39 is 0 Å². The monoisotopic (exact) mass is 271 g/mol. The van der Waals surface area contributed by atoms with Crippen molar-refractivity contribution in [3.8, 4) is 0 Å². The molecule has 1 atom stereocenters. The Balaban J connectivity index is 1.80. The minimum absolute atomic E-state index is 0.391. The molecule has 1 heterocycles. The van der Waals surface area contributed by atoms with Crippen LogP contribution in [0.1, 0.15) is 43.0 Å². The first-order valence-corrected chi connectivity index (χ1v) is 7.48. The van der Waals surface area contributed by atoms with Crippen molar-refractivity contribution in [3.05, 3.63) is 53.3 Å². The number of rotatable bonds is 7. The van der Waals surface area contributed by atoms with Gasteiger partial charge in [-0.2, -0.15) is 5.10 Å². The Labute approximate surface area is 122 Å². The van der Waals surface area contributed by atoms with Gasteiger partial charge in [0.15, 0.2) is 0 Å². The fourth-order valence-electron chi connectivity index (χ4n) is 2.41. The minimum atomic E-state index is 0.391. The van der Waals surface area contributed by atoms with Crippen molar-refractivity contribution in [2.45, 2.75) is 39.2 Å². The van der Waals surface area contributed by atoms with Crippen LogP contribution in [0.2, 0.25) is 0 Å². The molecule has 1 aromatic carbocycles. The van der Waals surface area contributed by atoms with E-state index in [0.717, 1.165) is 13.0 Å². The van der Waals surface area contributed by atoms with E-state index in [0.29, 0.717) is 6.04 Å². The lowest BCUT2D eigenvalue weighted by Gasteiger charge is -2.14. The summed E-state index contributed by atoms with van der Waals surface area (Å²) in [5.41, 5.74) is 4.07. The van der Waals surface area contributed by atoms with Crippen molar-refractivity contribution < 1.29 is 0 Å². The highest BCUT2D eigenvalue weighted by atomic mass is 15.2. The minimum Gasteiger partial charge on any atom is -0.310 e. The average Bonchev–Trinajstić information content (AvgIpc) is 2.85. The molecule has 1 aromatic heterocycles. The molecule has 0 aliphatic heterocycles. The molecule has 2 rings (SSSR count). The molecule has 0 radical (unpaired) electrons. The van der Waals surface area contributed by atoms with Crippen LogP contribution in [0.5, 0.6) is 0 Å². The van der Waals surface area contributed by atoms with Crippen LogP contribution >= 0.6 is 0 Å². The molecule has 0 spiro atoms. The molecule has 0 saturated heterocycles. The highest BCUT2D eigenvalue weighted by Crippen LogP contribution is 2.14. The Kier molecular flexibility index (Phi) is 5.36. The first-order chi connectivity index (χ1) is 9.69. The van der Waals surface area contributed by atoms with E-state index in [9.17, 15) is 0 Å². The molecule has 0 bridgehead atoms. The maximum atomic E-state index is 4.19. The Morgan fingerprint density at radius 3 is 2.50 bits per heavy atom. The summed E-state index contributed by atoms with van der Waals surface area (Å²) in [6, 6.07) is 9.37. The van der Waals surface area contributed by atoms with Gasteiger partial charge in [-0.3, -0.25) is 4.68 Å². The van der Waals surface area contributed by atoms with E-state index >= 15 is 0 Å². The molecule has 0 saturated carbocycles. The van der Waals surface area contributed by atoms with Crippen molar-refractivity contribution >= 4 is 0 Å². The average molecular weight is 271 g/mol. The van der Waals surface area contributed by atoms with Crippen LogP contribution in [0, 0.1) is 0 Å². The number of nitrogens with one attached hydrogen (secondary N) is 1. The van der Waals surface area contributed by atoms with Gasteiger partial charge in [0.1, 0.15) is 0 Å². The molecule has 108 valence electrons. The molecule has 0 aliphatic rings. The Morgan fingerprint density at radius 2 is 1.90 bits per heavy atom. The maximum absolute atomic E-state index is 4.19. The zero-order valence-electron chi connectivity index (χ0n) is 12.8. The van der Waals surface area contributed by atoms with E-state index in [2.05, 4.69) is 54.7 Å². The normalized spacial score (nSPS) is 12.6. The van der Waals surface area contributed by atoms with E-state index in [-0.39, 0.29) is 0 Å². The Hall–Kier alpha value is -1.61. The Morgan fingerprint density at radius 1 is 1.15 bits per heavy atom. The van der Waals surface area contributed by atoms with Gasteiger partial charge in [-0.15, -0.1) is 0 Å². The lowest BCUT2D eigenvalue weighted by Crippen LogP contribution is -2.21. The second-order valence-electron chi connectivity index (χ2n) is 5.44. The molecule has 2 aromatic rings. The smallest absolute Gasteiger partial charge is 0.0522 e. The van der Waals surface area contributed by atoms with Gasteiger partial charge in [0.2, 0.25) is 0 Å². The number of hydrogen-bond donors (Lipinski definition) is 1. The summed E-state index contributed by atoms with van der Waals surface area (Å²) in [7, 11) is 1.96. The van der Waals surface area contributed by atoms with Gasteiger partial charge in [0.25, 0.3) is 0 Å². The van der Waals surface area contributed by atoms with Crippen molar-refractivity contribution in [2.24, 2.45) is 7.05 Å². The Bertz CT molecular complexity index is 513. The molecular formula is C17H25N3. The van der Waals surface area contributed by atoms with Gasteiger partial charge in [-0.1, -0.05) is 37.6 Å². The summed E-state index contributed by atoms with van der Waals surface area (Å²) in [4.78, 5) is 0. The van der Waals surface area contributed by atoms with Crippen LogP contribution in [0.4, 0.5) is 0 Å². The predicted molar refractivity (Wildman–Crippen MR) is 83.8 cm³/mol. The second kappa shape index (κ2) is 7.25. The van der Waals surface area contributed by atoms with E-state index in [1.54, 1.807) is 0 Å². The number of nitrogens with zero attached hydrogens (tertiary/aromatic N) is 2. The van der Waals surface area contributed by atoms with Crippen molar-refractivity contribution in [1.82, 2.24) is 15.1 Å². The molecule has 20 heavy (non-hydrogen) atoms. The molecule has 1 N–H and O–H groups in total. The summed E-state index contributed by atoms with van der Waals surface area (Å²) < 4.78 is 1.85. The SMILES string of the molecule is CCCc1ccc(C(C)NCCc2cnn(C)c2)cc1. The van der Waals surface area contributed by atoms with Crippen LogP contribution in [0.25, 0.3) is 0 Å². The lowest BCUT2D eigenvalue weighted by molar-refractivity contribution is 0.576. The molecule has 3 heteroatoms. The van der Waals surface area contributed by atoms with Crippen molar-refractivity contribution in [2.75, 3.05) is 6.54 Å². The van der Waals surface area contributed by atoms with Crippen LogP contribution in [-0.4, -0.2) is 16.3 Å². The van der Waals surface area contributed by atoms with Gasteiger partial charge in [0, 0.05) is 19.3 Å². The van der Waals surface area contributed by atoms with Gasteiger partial charge in [-0.25, -0.2) is 0 Å². The van der Waals surface area contributed by atoms with Gasteiger partial charge >= 0.3 is 0 Å². The number of aromatic nitrogens is 2. The third-order valence-corrected chi connectivity index (χ3v) is 3.64. The largest absolute Gasteiger partial charge is 0.310 e. The number of aryl methyl sites for hydroxylation is 2. The van der Waals surface area contributed by atoms with Gasteiger partial charge < -0.3 is 5.32 Å². The van der Waals surface area contributed by atoms with Crippen molar-refractivity contribution in [1.29, 1.82) is 0 Å². The van der Waals surface area contributed by atoms with E-state index in [1.807, 2.05) is 17.9 Å². The van der Waals surface area contributed by atoms with Crippen LogP contribution in [-0.2, 0) is 19.9 Å². The summed E-state index contributed by atoms with van der Waals surface area (Å²) in [6.07, 6.45) is 7.41. The fourth-order valence-corrected chi connectivity index (χ4v) is 2.41. The zero-order chi connectivity index (χ0) is 14.4. The molecule has 0 fully saturated rings. The number of benzene rings is 1. The van der Waals surface area contributed by atoms with Crippen LogP contribution in [0.3, 0.4) is 0 Å². The third-order valence-electron chi connectivity index (χ3n) is 3.64. The maximum Gasteiger partial charge on any atom is 0.0522 e. The summed E-state index contributed by atoms with van der Waals surface area (Å²) in [5.74, 6) is 0. The van der Waals surface area contributed by atoms with Gasteiger partial charge in [0.05, 0.1) is 6.20 Å². The highest BCUT2D eigenvalue weighted by Gasteiger charge is 2.05. The predicted octanol–water partition coefficient (Wildman–Crippen LogP) is 3.27. The highest BCUT2D eigenvalue weighted by molar-refractivity contribution is 5.24. The van der Waals surface area contributed by atoms with Gasteiger partial charge in [-0.05, 0) is 43.0 Å². The topological polar surface area (TPSA) is 29.9 Å². The molecule has 3 nitrogen and oxygen atoms in total. The molecule has 0 aliphatic carbocycles. The summed E-state index contributed by atoms with van der Waals surface area (Å²) in [6.45, 7) is 5.41. The first kappa shape index (κ1) is 14.8. The van der Waals surface area contributed by atoms with Crippen LogP contribution in [0.15, 0.2) is 36.7 Å². The van der Waals surface area contributed by atoms with Crippen molar-refractivity contribution in [3.63, 3.8) is 0 Å². The van der Waals surface area contributed by atoms with E-state index in [1.165, 1.54) is 29.5 Å². The first-order valence-electron chi connectivity index (χ1n) is 7.48. The third kappa shape index (κ3) is 4.20. The molecule has 0 amide bonds. The molecular weight excluding hydrogens is 246 g/mol. The second-order valence-corrected chi connectivity index (χ2v) is 5.44. The fraction of sp³-hybridized carbons (Fsp3) is 0.471. The zero-order valence-corrected chi connectivity index (χ0v) is 12.8. The summed E-state index contributed by atoms with van der Waals surface area (Å²) >= 11 is 0. The standard InChI is InChI=1S/C17H25N3/c1-4-5-15-6-8-17(9-7-15)14(2)18-11-10-16-12-19-20(3)13-16/h6-9,12-14,18H,4-5,10-11H2,1-3H3. The number of hydrogen-bond acceptors (Lipinski definition) is 2. The van der Waals surface area contributed by atoms with Crippen LogP contribution < -0.4 is 5.32 Å². The molecule has 1 unspecified atom stereocenters. The van der Waals surface area contributed by atoms with E-state index in [4.69, 9.17) is 0 Å². The quantitative estimate of drug-likeness (QED) is 0.837. The summed E-state index contributed by atoms with van der Waals surface area (Å²) in [5, 5.41) is 7.76. The lowest BCUT2D eigenvalue weighted by atomic mass is 10.0.